The molecule has 0 radical (unpaired) electrons. The summed E-state index contributed by atoms with van der Waals surface area (Å²) in [6, 6.07) is 11.2. The van der Waals surface area contributed by atoms with Crippen LogP contribution < -0.4 is 10.9 Å². The average molecular weight is 406 g/mol. The van der Waals surface area contributed by atoms with E-state index >= 15 is 0 Å². The van der Waals surface area contributed by atoms with Crippen LogP contribution in [-0.4, -0.2) is 50.5 Å². The third-order valence-electron chi connectivity index (χ3n) is 5.74. The number of hydrogen-bond acceptors (Lipinski definition) is 5. The molecule has 0 spiro atoms. The molecule has 1 amide bonds. The molecule has 1 N–H and O–H groups in total. The van der Waals surface area contributed by atoms with E-state index in [9.17, 15) is 9.59 Å². The molecule has 1 aliphatic heterocycles. The van der Waals surface area contributed by atoms with E-state index in [0.29, 0.717) is 25.2 Å². The van der Waals surface area contributed by atoms with Crippen molar-refractivity contribution in [3.05, 3.63) is 64.7 Å². The summed E-state index contributed by atoms with van der Waals surface area (Å²) >= 11 is 0. The Morgan fingerprint density at radius 2 is 2.07 bits per heavy atom. The summed E-state index contributed by atoms with van der Waals surface area (Å²) < 4.78 is 3.43. The summed E-state index contributed by atoms with van der Waals surface area (Å²) in [6.07, 6.45) is 3.61. The smallest absolute Gasteiger partial charge is 0.254 e. The van der Waals surface area contributed by atoms with Gasteiger partial charge in [0, 0.05) is 55.8 Å². The van der Waals surface area contributed by atoms with Crippen molar-refractivity contribution in [2.24, 2.45) is 5.92 Å². The molecule has 1 fully saturated rings. The number of rotatable bonds is 5. The highest BCUT2D eigenvalue weighted by Gasteiger charge is 2.35. The molecule has 156 valence electrons. The number of benzene rings is 1. The molecule has 30 heavy (non-hydrogen) atoms. The predicted octanol–water partition coefficient (Wildman–Crippen LogP) is 2.50. The van der Waals surface area contributed by atoms with Crippen LogP contribution in [0.1, 0.15) is 30.2 Å². The molecule has 1 aliphatic rings. The van der Waals surface area contributed by atoms with Crippen LogP contribution in [0.25, 0.3) is 11.3 Å². The average Bonchev–Trinajstić information content (AvgIpc) is 3.40. The van der Waals surface area contributed by atoms with E-state index in [4.69, 9.17) is 0 Å². The number of amides is 1. The van der Waals surface area contributed by atoms with Crippen LogP contribution in [0.15, 0.2) is 53.6 Å². The monoisotopic (exact) mass is 406 g/mol. The van der Waals surface area contributed by atoms with Gasteiger partial charge in [-0.3, -0.25) is 9.59 Å². The molecule has 1 saturated heterocycles. The number of aryl methyl sites for hydroxylation is 1. The maximum Gasteiger partial charge on any atom is 0.254 e. The van der Waals surface area contributed by atoms with Crippen LogP contribution in [0.5, 0.6) is 0 Å². The van der Waals surface area contributed by atoms with Crippen LogP contribution in [-0.2, 0) is 6.54 Å². The van der Waals surface area contributed by atoms with Gasteiger partial charge in [0.1, 0.15) is 5.69 Å². The summed E-state index contributed by atoms with van der Waals surface area (Å²) in [7, 11) is 1.88. The number of carbonyl (C=O) groups excluding carboxylic acids is 1. The molecule has 0 aliphatic carbocycles. The fraction of sp³-hybridized carbons (Fsp3) is 0.364. The highest BCUT2D eigenvalue weighted by atomic mass is 16.2. The lowest BCUT2D eigenvalue weighted by molar-refractivity contribution is 0.0784. The van der Waals surface area contributed by atoms with Gasteiger partial charge in [-0.1, -0.05) is 24.3 Å². The minimum atomic E-state index is -0.156. The van der Waals surface area contributed by atoms with Crippen LogP contribution in [0.3, 0.4) is 0 Å². The molecule has 0 bridgehead atoms. The summed E-state index contributed by atoms with van der Waals surface area (Å²) in [5.74, 6) is 0.106. The molecule has 3 aromatic rings. The van der Waals surface area contributed by atoms with Crippen molar-refractivity contribution in [1.82, 2.24) is 24.5 Å². The second kappa shape index (κ2) is 8.14. The SMILES string of the molecule is CCn1ccc(C(=O)N2C[C@@H](C)[C@@H](n3cc(-c4cccc(NC)c4)nn3)C2)cc1=O. The van der Waals surface area contributed by atoms with Crippen molar-refractivity contribution >= 4 is 11.6 Å². The fourth-order valence-electron chi connectivity index (χ4n) is 3.95. The van der Waals surface area contributed by atoms with Crippen molar-refractivity contribution in [3.8, 4) is 11.3 Å². The number of likely N-dealkylation sites (tertiary alicyclic amines) is 1. The van der Waals surface area contributed by atoms with Crippen molar-refractivity contribution in [2.75, 3.05) is 25.5 Å². The number of nitrogens with zero attached hydrogens (tertiary/aromatic N) is 5. The van der Waals surface area contributed by atoms with E-state index in [1.54, 1.807) is 21.7 Å². The third kappa shape index (κ3) is 3.72. The zero-order valence-electron chi connectivity index (χ0n) is 17.4. The van der Waals surface area contributed by atoms with Crippen LogP contribution in [0.4, 0.5) is 5.69 Å². The standard InChI is InChI=1S/C22H26N6O2/c1-4-26-9-8-17(11-21(26)29)22(30)27-12-15(2)20(14-27)28-13-19(24-25-28)16-6-5-7-18(10-16)23-3/h5-11,13,15,20,23H,4,12,14H2,1-3H3/t15-,20+/m1/s1. The van der Waals surface area contributed by atoms with E-state index in [-0.39, 0.29) is 23.4 Å². The van der Waals surface area contributed by atoms with Gasteiger partial charge in [-0.2, -0.15) is 0 Å². The minimum Gasteiger partial charge on any atom is -0.388 e. The molecular weight excluding hydrogens is 380 g/mol. The van der Waals surface area contributed by atoms with Gasteiger partial charge < -0.3 is 14.8 Å². The van der Waals surface area contributed by atoms with Gasteiger partial charge in [0.25, 0.3) is 11.5 Å². The van der Waals surface area contributed by atoms with Crippen molar-refractivity contribution in [1.29, 1.82) is 0 Å². The highest BCUT2D eigenvalue weighted by molar-refractivity contribution is 5.94. The van der Waals surface area contributed by atoms with E-state index < -0.39 is 0 Å². The first-order chi connectivity index (χ1) is 14.5. The normalized spacial score (nSPS) is 18.6. The Balaban J connectivity index is 1.52. The molecule has 3 heterocycles. The Bertz CT molecular complexity index is 1120. The lowest BCUT2D eigenvalue weighted by atomic mass is 10.1. The Kier molecular flexibility index (Phi) is 5.39. The number of pyridine rings is 1. The number of nitrogens with one attached hydrogen (secondary N) is 1. The highest BCUT2D eigenvalue weighted by Crippen LogP contribution is 2.29. The lowest BCUT2D eigenvalue weighted by Crippen LogP contribution is -2.31. The third-order valence-corrected chi connectivity index (χ3v) is 5.74. The van der Waals surface area contributed by atoms with Gasteiger partial charge in [-0.05, 0) is 31.0 Å². The molecule has 8 nitrogen and oxygen atoms in total. The van der Waals surface area contributed by atoms with Crippen molar-refractivity contribution in [2.45, 2.75) is 26.4 Å². The van der Waals surface area contributed by atoms with E-state index in [2.05, 4.69) is 22.6 Å². The summed E-state index contributed by atoms with van der Waals surface area (Å²) in [5.41, 5.74) is 3.08. The number of aromatic nitrogens is 4. The zero-order valence-corrected chi connectivity index (χ0v) is 17.4. The summed E-state index contributed by atoms with van der Waals surface area (Å²) in [4.78, 5) is 26.8. The molecule has 2 atom stereocenters. The molecule has 0 saturated carbocycles. The van der Waals surface area contributed by atoms with Crippen molar-refractivity contribution in [3.63, 3.8) is 0 Å². The van der Waals surface area contributed by atoms with Gasteiger partial charge in [0.05, 0.1) is 12.2 Å². The lowest BCUT2D eigenvalue weighted by Gasteiger charge is -2.16. The molecular formula is C22H26N6O2. The quantitative estimate of drug-likeness (QED) is 0.704. The van der Waals surface area contributed by atoms with Gasteiger partial charge in [0.2, 0.25) is 0 Å². The van der Waals surface area contributed by atoms with Crippen LogP contribution >= 0.6 is 0 Å². The Morgan fingerprint density at radius 1 is 1.23 bits per heavy atom. The van der Waals surface area contributed by atoms with Gasteiger partial charge in [-0.15, -0.1) is 5.10 Å². The van der Waals surface area contributed by atoms with Crippen LogP contribution in [0, 0.1) is 5.92 Å². The number of carbonyl (C=O) groups is 1. The zero-order chi connectivity index (χ0) is 21.3. The maximum absolute atomic E-state index is 12.9. The Labute approximate surface area is 175 Å². The van der Waals surface area contributed by atoms with Gasteiger partial charge in [-0.25, -0.2) is 4.68 Å². The fourth-order valence-corrected chi connectivity index (χ4v) is 3.95. The second-order valence-electron chi connectivity index (χ2n) is 7.71. The molecule has 8 heteroatoms. The molecule has 4 rings (SSSR count). The molecule has 2 aromatic heterocycles. The number of hydrogen-bond donors (Lipinski definition) is 1. The maximum atomic E-state index is 12.9. The first-order valence-electron chi connectivity index (χ1n) is 10.2. The Morgan fingerprint density at radius 3 is 2.80 bits per heavy atom. The topological polar surface area (TPSA) is 85.1 Å². The second-order valence-corrected chi connectivity index (χ2v) is 7.71. The van der Waals surface area contributed by atoms with Gasteiger partial charge in [0.15, 0.2) is 0 Å². The summed E-state index contributed by atoms with van der Waals surface area (Å²) in [5, 5.41) is 11.8. The Hall–Kier alpha value is -3.42. The molecule has 1 aromatic carbocycles. The first kappa shape index (κ1) is 19.9. The van der Waals surface area contributed by atoms with E-state index in [0.717, 1.165) is 16.9 Å². The minimum absolute atomic E-state index is 0.0405. The largest absolute Gasteiger partial charge is 0.388 e. The van der Waals surface area contributed by atoms with Crippen molar-refractivity contribution < 1.29 is 4.79 Å². The summed E-state index contributed by atoms with van der Waals surface area (Å²) in [6.45, 7) is 5.75. The molecule has 0 unspecified atom stereocenters. The number of anilines is 1. The van der Waals surface area contributed by atoms with E-state index in [1.165, 1.54) is 6.07 Å². The first-order valence-corrected chi connectivity index (χ1v) is 10.2. The van der Waals surface area contributed by atoms with E-state index in [1.807, 2.05) is 49.1 Å². The van der Waals surface area contributed by atoms with Crippen LogP contribution in [0.2, 0.25) is 0 Å². The predicted molar refractivity (Wildman–Crippen MR) is 115 cm³/mol. The van der Waals surface area contributed by atoms with Gasteiger partial charge >= 0.3 is 0 Å².